The first kappa shape index (κ1) is 12.7. The molecule has 2 aromatic rings. The van der Waals surface area contributed by atoms with Crippen molar-refractivity contribution < 1.29 is 0 Å². The highest BCUT2D eigenvalue weighted by molar-refractivity contribution is 5.75. The van der Waals surface area contributed by atoms with Crippen LogP contribution >= 0.6 is 0 Å². The number of aryl methyl sites for hydroxylation is 1. The summed E-state index contributed by atoms with van der Waals surface area (Å²) < 4.78 is 2.36. The predicted molar refractivity (Wildman–Crippen MR) is 79.3 cm³/mol. The molecular formula is C16H23N3. The van der Waals surface area contributed by atoms with E-state index in [9.17, 15) is 0 Å². The number of fused-ring (bicyclic) bond motifs is 1. The molecule has 1 N–H and O–H groups in total. The van der Waals surface area contributed by atoms with Crippen LogP contribution in [0.5, 0.6) is 0 Å². The van der Waals surface area contributed by atoms with E-state index in [4.69, 9.17) is 4.98 Å². The van der Waals surface area contributed by atoms with E-state index >= 15 is 0 Å². The fourth-order valence-corrected chi connectivity index (χ4v) is 3.25. The van der Waals surface area contributed by atoms with Crippen LogP contribution in [0.3, 0.4) is 0 Å². The van der Waals surface area contributed by atoms with Crippen molar-refractivity contribution in [2.45, 2.75) is 58.2 Å². The Hall–Kier alpha value is -1.35. The summed E-state index contributed by atoms with van der Waals surface area (Å²) in [6.45, 7) is 5.49. The van der Waals surface area contributed by atoms with Gasteiger partial charge in [-0.3, -0.25) is 0 Å². The second-order valence-corrected chi connectivity index (χ2v) is 5.66. The van der Waals surface area contributed by atoms with Gasteiger partial charge in [0.15, 0.2) is 0 Å². The minimum Gasteiger partial charge on any atom is -0.328 e. The van der Waals surface area contributed by atoms with Gasteiger partial charge >= 0.3 is 0 Å². The molecule has 1 saturated heterocycles. The molecule has 0 saturated carbocycles. The van der Waals surface area contributed by atoms with Crippen molar-refractivity contribution in [2.75, 3.05) is 0 Å². The Morgan fingerprint density at radius 3 is 2.95 bits per heavy atom. The molecule has 2 unspecified atom stereocenters. The van der Waals surface area contributed by atoms with E-state index in [1.807, 2.05) is 0 Å². The number of benzene rings is 1. The monoisotopic (exact) mass is 257 g/mol. The topological polar surface area (TPSA) is 29.9 Å². The van der Waals surface area contributed by atoms with Crippen LogP contribution in [0.15, 0.2) is 24.3 Å². The maximum atomic E-state index is 4.83. The highest BCUT2D eigenvalue weighted by atomic mass is 15.1. The molecule has 1 aromatic carbocycles. The molecule has 1 aliphatic rings. The lowest BCUT2D eigenvalue weighted by Crippen LogP contribution is -2.42. The van der Waals surface area contributed by atoms with E-state index in [1.54, 1.807) is 0 Å². The quantitative estimate of drug-likeness (QED) is 0.915. The third-order valence-electron chi connectivity index (χ3n) is 4.19. The molecule has 0 radical (unpaired) electrons. The van der Waals surface area contributed by atoms with E-state index in [0.717, 1.165) is 18.5 Å². The third-order valence-corrected chi connectivity index (χ3v) is 4.19. The Morgan fingerprint density at radius 1 is 1.32 bits per heavy atom. The SMILES string of the molecule is CCn1c(CC2CCCC(C)N2)nc2ccccc21. The summed E-state index contributed by atoms with van der Waals surface area (Å²) in [5.74, 6) is 1.23. The van der Waals surface area contributed by atoms with E-state index in [-0.39, 0.29) is 0 Å². The van der Waals surface area contributed by atoms with Gasteiger partial charge in [0.25, 0.3) is 0 Å². The number of para-hydroxylation sites is 2. The highest BCUT2D eigenvalue weighted by Gasteiger charge is 2.20. The van der Waals surface area contributed by atoms with E-state index in [2.05, 4.69) is 48.0 Å². The predicted octanol–water partition coefficient (Wildman–Crippen LogP) is 3.13. The second-order valence-electron chi connectivity index (χ2n) is 5.66. The molecule has 1 aliphatic heterocycles. The molecule has 2 heterocycles. The molecule has 0 aliphatic carbocycles. The van der Waals surface area contributed by atoms with Crippen LogP contribution < -0.4 is 5.32 Å². The normalized spacial score (nSPS) is 23.9. The Bertz CT molecular complexity index is 558. The fourth-order valence-electron chi connectivity index (χ4n) is 3.25. The van der Waals surface area contributed by atoms with Crippen LogP contribution in [0.25, 0.3) is 11.0 Å². The Morgan fingerprint density at radius 2 is 2.16 bits per heavy atom. The van der Waals surface area contributed by atoms with Gasteiger partial charge in [0.1, 0.15) is 5.82 Å². The maximum absolute atomic E-state index is 4.83. The molecule has 1 fully saturated rings. The van der Waals surface area contributed by atoms with Gasteiger partial charge in [-0.2, -0.15) is 0 Å². The van der Waals surface area contributed by atoms with Gasteiger partial charge in [-0.05, 0) is 38.8 Å². The van der Waals surface area contributed by atoms with Gasteiger partial charge in [-0.15, -0.1) is 0 Å². The number of piperidine rings is 1. The molecule has 3 rings (SSSR count). The average Bonchev–Trinajstić information content (AvgIpc) is 2.75. The van der Waals surface area contributed by atoms with Crippen molar-refractivity contribution in [2.24, 2.45) is 0 Å². The van der Waals surface area contributed by atoms with Crippen LogP contribution in [-0.4, -0.2) is 21.6 Å². The largest absolute Gasteiger partial charge is 0.328 e. The number of imidazole rings is 1. The van der Waals surface area contributed by atoms with Crippen molar-refractivity contribution in [1.29, 1.82) is 0 Å². The maximum Gasteiger partial charge on any atom is 0.111 e. The minimum absolute atomic E-state index is 0.589. The fraction of sp³-hybridized carbons (Fsp3) is 0.562. The van der Waals surface area contributed by atoms with Gasteiger partial charge in [0, 0.05) is 25.0 Å². The first-order valence-corrected chi connectivity index (χ1v) is 7.48. The first-order valence-electron chi connectivity index (χ1n) is 7.48. The Balaban J connectivity index is 1.87. The molecule has 3 heteroatoms. The number of hydrogen-bond acceptors (Lipinski definition) is 2. The van der Waals surface area contributed by atoms with Gasteiger partial charge in [0.2, 0.25) is 0 Å². The summed E-state index contributed by atoms with van der Waals surface area (Å²) in [5, 5.41) is 3.71. The lowest BCUT2D eigenvalue weighted by Gasteiger charge is -2.28. The molecule has 0 amide bonds. The smallest absolute Gasteiger partial charge is 0.111 e. The van der Waals surface area contributed by atoms with Crippen molar-refractivity contribution in [3.63, 3.8) is 0 Å². The third kappa shape index (κ3) is 2.52. The second kappa shape index (κ2) is 5.33. The van der Waals surface area contributed by atoms with Crippen LogP contribution in [-0.2, 0) is 13.0 Å². The molecule has 0 spiro atoms. The Labute approximate surface area is 115 Å². The zero-order valence-electron chi connectivity index (χ0n) is 11.9. The van der Waals surface area contributed by atoms with E-state index in [1.165, 1.54) is 30.6 Å². The molecular weight excluding hydrogens is 234 g/mol. The lowest BCUT2D eigenvalue weighted by atomic mass is 9.97. The zero-order valence-corrected chi connectivity index (χ0v) is 11.9. The summed E-state index contributed by atoms with van der Waals surface area (Å²) in [7, 11) is 0. The van der Waals surface area contributed by atoms with Crippen molar-refractivity contribution in [1.82, 2.24) is 14.9 Å². The standard InChI is InChI=1S/C16H23N3/c1-3-19-15-10-5-4-9-14(15)18-16(19)11-13-8-6-7-12(2)17-13/h4-5,9-10,12-13,17H,3,6-8,11H2,1-2H3. The number of nitrogens with zero attached hydrogens (tertiary/aromatic N) is 2. The van der Waals surface area contributed by atoms with Crippen molar-refractivity contribution in [3.8, 4) is 0 Å². The van der Waals surface area contributed by atoms with Crippen molar-refractivity contribution >= 4 is 11.0 Å². The Kier molecular flexibility index (Phi) is 3.56. The summed E-state index contributed by atoms with van der Waals surface area (Å²) in [5.41, 5.74) is 2.40. The van der Waals surface area contributed by atoms with Crippen LogP contribution in [0, 0.1) is 0 Å². The van der Waals surface area contributed by atoms with Gasteiger partial charge in [-0.1, -0.05) is 18.6 Å². The molecule has 19 heavy (non-hydrogen) atoms. The molecule has 1 aromatic heterocycles. The van der Waals surface area contributed by atoms with Gasteiger partial charge < -0.3 is 9.88 Å². The summed E-state index contributed by atoms with van der Waals surface area (Å²) in [6, 6.07) is 9.69. The first-order chi connectivity index (χ1) is 9.28. The number of rotatable bonds is 3. The molecule has 102 valence electrons. The van der Waals surface area contributed by atoms with Crippen molar-refractivity contribution in [3.05, 3.63) is 30.1 Å². The number of nitrogens with one attached hydrogen (secondary N) is 1. The van der Waals surface area contributed by atoms with Gasteiger partial charge in [0.05, 0.1) is 11.0 Å². The molecule has 2 atom stereocenters. The molecule has 0 bridgehead atoms. The summed E-state index contributed by atoms with van der Waals surface area (Å²) in [6.07, 6.45) is 4.97. The number of hydrogen-bond donors (Lipinski definition) is 1. The zero-order chi connectivity index (χ0) is 13.2. The highest BCUT2D eigenvalue weighted by Crippen LogP contribution is 2.20. The molecule has 3 nitrogen and oxygen atoms in total. The van der Waals surface area contributed by atoms with Gasteiger partial charge in [-0.25, -0.2) is 4.98 Å². The van der Waals surface area contributed by atoms with Crippen LogP contribution in [0.1, 0.15) is 38.9 Å². The summed E-state index contributed by atoms with van der Waals surface area (Å²) >= 11 is 0. The summed E-state index contributed by atoms with van der Waals surface area (Å²) in [4.78, 5) is 4.83. The minimum atomic E-state index is 0.589. The van der Waals surface area contributed by atoms with E-state index in [0.29, 0.717) is 12.1 Å². The average molecular weight is 257 g/mol. The van der Waals surface area contributed by atoms with Crippen LogP contribution in [0.4, 0.5) is 0 Å². The number of aromatic nitrogens is 2. The van der Waals surface area contributed by atoms with E-state index < -0.39 is 0 Å². The lowest BCUT2D eigenvalue weighted by molar-refractivity contribution is 0.328. The van der Waals surface area contributed by atoms with Crippen LogP contribution in [0.2, 0.25) is 0 Å².